The maximum atomic E-state index is 13.0. The van der Waals surface area contributed by atoms with Crippen LogP contribution in [-0.4, -0.2) is 17.6 Å². The zero-order chi connectivity index (χ0) is 15.6. The first-order chi connectivity index (χ1) is 10.6. The highest BCUT2D eigenvalue weighted by Crippen LogP contribution is 2.47. The van der Waals surface area contributed by atoms with Gasteiger partial charge in [0.2, 0.25) is 0 Å². The molecule has 0 saturated heterocycles. The summed E-state index contributed by atoms with van der Waals surface area (Å²) in [5, 5.41) is 12.9. The molecule has 2 aromatic carbocycles. The summed E-state index contributed by atoms with van der Waals surface area (Å²) in [6.07, 6.45) is 0.756. The number of hydrogen-bond acceptors (Lipinski definition) is 2. The summed E-state index contributed by atoms with van der Waals surface area (Å²) in [6.45, 7) is 0.460. The van der Waals surface area contributed by atoms with Gasteiger partial charge in [-0.05, 0) is 36.1 Å². The lowest BCUT2D eigenvalue weighted by atomic mass is 9.95. The summed E-state index contributed by atoms with van der Waals surface area (Å²) in [5.74, 6) is -0.664. The van der Waals surface area contributed by atoms with Crippen LogP contribution in [0.3, 0.4) is 0 Å². The molecule has 0 heterocycles. The van der Waals surface area contributed by atoms with E-state index in [2.05, 4.69) is 5.32 Å². The Bertz CT molecular complexity index is 651. The van der Waals surface area contributed by atoms with Crippen molar-refractivity contribution in [1.82, 2.24) is 5.32 Å². The Kier molecular flexibility index (Phi) is 3.94. The normalized spacial score (nSPS) is 16.8. The van der Waals surface area contributed by atoms with Crippen molar-refractivity contribution in [3.05, 3.63) is 71.5 Å². The van der Waals surface area contributed by atoms with Gasteiger partial charge in [0.1, 0.15) is 5.82 Å². The van der Waals surface area contributed by atoms with Gasteiger partial charge >= 0.3 is 0 Å². The van der Waals surface area contributed by atoms with Gasteiger partial charge in [-0.2, -0.15) is 0 Å². The molecule has 3 rings (SSSR count). The van der Waals surface area contributed by atoms with Crippen molar-refractivity contribution in [3.8, 4) is 0 Å². The molecule has 0 aliphatic heterocycles. The van der Waals surface area contributed by atoms with E-state index in [9.17, 15) is 14.3 Å². The third-order valence-corrected chi connectivity index (χ3v) is 4.27. The molecule has 0 radical (unpaired) electrons. The Morgan fingerprint density at radius 3 is 2.36 bits per heavy atom. The van der Waals surface area contributed by atoms with E-state index in [1.54, 1.807) is 36.4 Å². The van der Waals surface area contributed by atoms with Crippen molar-refractivity contribution in [2.75, 3.05) is 6.54 Å². The highest BCUT2D eigenvalue weighted by Gasteiger charge is 2.44. The van der Waals surface area contributed by atoms with Crippen LogP contribution in [-0.2, 0) is 10.2 Å². The van der Waals surface area contributed by atoms with Crippen LogP contribution in [0, 0.1) is 5.82 Å². The van der Waals surface area contributed by atoms with Crippen LogP contribution in [0.4, 0.5) is 4.39 Å². The highest BCUT2D eigenvalue weighted by molar-refractivity contribution is 5.82. The summed E-state index contributed by atoms with van der Waals surface area (Å²) in [4.78, 5) is 12.1. The first kappa shape index (κ1) is 14.7. The van der Waals surface area contributed by atoms with Crippen LogP contribution in [0.25, 0.3) is 0 Å². The Balaban J connectivity index is 1.62. The van der Waals surface area contributed by atoms with Gasteiger partial charge in [0.15, 0.2) is 6.10 Å². The van der Waals surface area contributed by atoms with Crippen LogP contribution in [0.2, 0.25) is 0 Å². The van der Waals surface area contributed by atoms with Gasteiger partial charge in [0.25, 0.3) is 5.91 Å². The Morgan fingerprint density at radius 1 is 1.14 bits per heavy atom. The molecule has 3 nitrogen and oxygen atoms in total. The quantitative estimate of drug-likeness (QED) is 0.892. The number of benzene rings is 2. The van der Waals surface area contributed by atoms with Gasteiger partial charge in [-0.25, -0.2) is 4.39 Å². The molecule has 1 unspecified atom stereocenters. The number of aliphatic hydroxyl groups excluding tert-OH is 1. The van der Waals surface area contributed by atoms with E-state index >= 15 is 0 Å². The first-order valence-corrected chi connectivity index (χ1v) is 7.37. The molecule has 2 N–H and O–H groups in total. The molecule has 1 atom stereocenters. The van der Waals surface area contributed by atoms with Gasteiger partial charge in [-0.15, -0.1) is 0 Å². The number of halogens is 1. The SMILES string of the molecule is O=C(NCC1(c2ccc(F)cc2)CC1)C(O)c1ccccc1. The van der Waals surface area contributed by atoms with Crippen LogP contribution in [0.1, 0.15) is 30.1 Å². The Morgan fingerprint density at radius 2 is 1.77 bits per heavy atom. The molecule has 1 aliphatic rings. The van der Waals surface area contributed by atoms with Gasteiger partial charge in [-0.3, -0.25) is 4.79 Å². The molecule has 4 heteroatoms. The van der Waals surface area contributed by atoms with Crippen molar-refractivity contribution < 1.29 is 14.3 Å². The highest BCUT2D eigenvalue weighted by atomic mass is 19.1. The minimum absolute atomic E-state index is 0.111. The van der Waals surface area contributed by atoms with E-state index in [0.717, 1.165) is 18.4 Å². The number of nitrogens with one attached hydrogen (secondary N) is 1. The average Bonchev–Trinajstić information content (AvgIpc) is 3.34. The molecule has 1 saturated carbocycles. The molecular weight excluding hydrogens is 281 g/mol. The first-order valence-electron chi connectivity index (χ1n) is 7.37. The van der Waals surface area contributed by atoms with Crippen molar-refractivity contribution in [2.24, 2.45) is 0 Å². The average molecular weight is 299 g/mol. The van der Waals surface area contributed by atoms with E-state index < -0.39 is 12.0 Å². The molecule has 22 heavy (non-hydrogen) atoms. The summed E-state index contributed by atoms with van der Waals surface area (Å²) >= 11 is 0. The minimum Gasteiger partial charge on any atom is -0.378 e. The van der Waals surface area contributed by atoms with Crippen molar-refractivity contribution >= 4 is 5.91 Å². The molecule has 1 fully saturated rings. The van der Waals surface area contributed by atoms with Crippen LogP contribution < -0.4 is 5.32 Å². The third-order valence-electron chi connectivity index (χ3n) is 4.27. The number of carbonyl (C=O) groups is 1. The van der Waals surface area contributed by atoms with E-state index in [-0.39, 0.29) is 11.2 Å². The number of hydrogen-bond donors (Lipinski definition) is 2. The van der Waals surface area contributed by atoms with Crippen LogP contribution in [0.15, 0.2) is 54.6 Å². The number of rotatable bonds is 5. The molecule has 2 aromatic rings. The lowest BCUT2D eigenvalue weighted by Crippen LogP contribution is -2.35. The fourth-order valence-electron chi connectivity index (χ4n) is 2.66. The lowest BCUT2D eigenvalue weighted by molar-refractivity contribution is -0.129. The predicted molar refractivity (Wildman–Crippen MR) is 81.7 cm³/mol. The van der Waals surface area contributed by atoms with Crippen molar-refractivity contribution in [1.29, 1.82) is 0 Å². The third kappa shape index (κ3) is 3.02. The maximum Gasteiger partial charge on any atom is 0.253 e. The minimum atomic E-state index is -1.16. The second-order valence-electron chi connectivity index (χ2n) is 5.82. The zero-order valence-electron chi connectivity index (χ0n) is 12.1. The number of amides is 1. The second-order valence-corrected chi connectivity index (χ2v) is 5.82. The van der Waals surface area contributed by atoms with Crippen molar-refractivity contribution in [2.45, 2.75) is 24.4 Å². The Hall–Kier alpha value is -2.20. The summed E-state index contributed by atoms with van der Waals surface area (Å²) in [6, 6.07) is 15.3. The number of aliphatic hydroxyl groups is 1. The van der Waals surface area contributed by atoms with E-state index in [1.165, 1.54) is 12.1 Å². The van der Waals surface area contributed by atoms with Crippen LogP contribution in [0.5, 0.6) is 0 Å². The van der Waals surface area contributed by atoms with Gasteiger partial charge in [-0.1, -0.05) is 42.5 Å². The zero-order valence-corrected chi connectivity index (χ0v) is 12.1. The molecule has 0 spiro atoms. The van der Waals surface area contributed by atoms with E-state index in [4.69, 9.17) is 0 Å². The standard InChI is InChI=1S/C18H18FNO2/c19-15-8-6-14(7-9-15)18(10-11-18)12-20-17(22)16(21)13-4-2-1-3-5-13/h1-9,16,21H,10-12H2,(H,20,22). The maximum absolute atomic E-state index is 13.0. The van der Waals surface area contributed by atoms with Crippen LogP contribution >= 0.6 is 0 Å². The fraction of sp³-hybridized carbons (Fsp3) is 0.278. The van der Waals surface area contributed by atoms with Gasteiger partial charge in [0.05, 0.1) is 0 Å². The topological polar surface area (TPSA) is 49.3 Å². The van der Waals surface area contributed by atoms with Gasteiger partial charge < -0.3 is 10.4 Å². The Labute approximate surface area is 128 Å². The number of carbonyl (C=O) groups excluding carboxylic acids is 1. The lowest BCUT2D eigenvalue weighted by Gasteiger charge is -2.18. The van der Waals surface area contributed by atoms with Crippen molar-refractivity contribution in [3.63, 3.8) is 0 Å². The monoisotopic (exact) mass is 299 g/mol. The molecule has 0 bridgehead atoms. The molecule has 1 amide bonds. The molecular formula is C18H18FNO2. The smallest absolute Gasteiger partial charge is 0.253 e. The largest absolute Gasteiger partial charge is 0.378 e. The van der Waals surface area contributed by atoms with E-state index in [1.807, 2.05) is 6.07 Å². The summed E-state index contributed by atoms with van der Waals surface area (Å²) < 4.78 is 13.0. The fourth-order valence-corrected chi connectivity index (χ4v) is 2.66. The molecule has 0 aromatic heterocycles. The second kappa shape index (κ2) is 5.89. The summed E-state index contributed by atoms with van der Waals surface area (Å²) in [7, 11) is 0. The summed E-state index contributed by atoms with van der Waals surface area (Å²) in [5.41, 5.74) is 1.50. The molecule has 114 valence electrons. The van der Waals surface area contributed by atoms with Gasteiger partial charge in [0, 0.05) is 12.0 Å². The van der Waals surface area contributed by atoms with E-state index in [0.29, 0.717) is 12.1 Å². The predicted octanol–water partition coefficient (Wildman–Crippen LogP) is 2.71. The molecule has 1 aliphatic carbocycles.